The zero-order valence-electron chi connectivity index (χ0n) is 18.2. The quantitative estimate of drug-likeness (QED) is 0.568. The monoisotopic (exact) mass is 464 g/mol. The number of urea groups is 1. The van der Waals surface area contributed by atoms with E-state index in [0.29, 0.717) is 11.3 Å². The van der Waals surface area contributed by atoms with Crippen molar-refractivity contribution < 1.29 is 23.1 Å². The summed E-state index contributed by atoms with van der Waals surface area (Å²) < 4.78 is 30.4. The first-order chi connectivity index (χ1) is 15.8. The fourth-order valence-electron chi connectivity index (χ4n) is 4.06. The molecule has 4 rings (SSSR count). The highest BCUT2D eigenvalue weighted by molar-refractivity contribution is 7.90. The summed E-state index contributed by atoms with van der Waals surface area (Å²) in [5.41, 5.74) is 2.75. The zero-order chi connectivity index (χ0) is 23.6. The lowest BCUT2D eigenvalue weighted by Gasteiger charge is -2.33. The molecule has 3 aromatic rings. The van der Waals surface area contributed by atoms with Crippen LogP contribution in [0.5, 0.6) is 11.5 Å². The average Bonchev–Trinajstić information content (AvgIpc) is 2.80. The third-order valence-electron chi connectivity index (χ3n) is 5.48. The van der Waals surface area contributed by atoms with Crippen LogP contribution < -0.4 is 10.1 Å². The molecule has 0 fully saturated rings. The van der Waals surface area contributed by atoms with Gasteiger partial charge in [0.25, 0.3) is 0 Å². The molecule has 0 saturated carbocycles. The number of sulfone groups is 1. The molecule has 0 saturated heterocycles. The molecule has 0 aliphatic carbocycles. The minimum absolute atomic E-state index is 0.0419. The number of nitrogens with one attached hydrogen (secondary N) is 1. The third-order valence-corrected chi connectivity index (χ3v) is 6.59. The third kappa shape index (κ3) is 4.61. The van der Waals surface area contributed by atoms with Crippen LogP contribution in [0.3, 0.4) is 0 Å². The minimum Gasteiger partial charge on any atom is -0.503 e. The van der Waals surface area contributed by atoms with Crippen LogP contribution in [0.4, 0.5) is 4.79 Å². The predicted molar refractivity (Wildman–Crippen MR) is 126 cm³/mol. The van der Waals surface area contributed by atoms with Gasteiger partial charge in [0.1, 0.15) is 4.90 Å². The predicted octanol–water partition coefficient (Wildman–Crippen LogP) is 4.23. The summed E-state index contributed by atoms with van der Waals surface area (Å²) in [5, 5.41) is 13.4. The lowest BCUT2D eigenvalue weighted by molar-refractivity contribution is 0.243. The molecule has 1 aliphatic rings. The Morgan fingerprint density at radius 1 is 1.00 bits per heavy atom. The summed E-state index contributed by atoms with van der Waals surface area (Å²) in [7, 11) is -3.77. The van der Waals surface area contributed by atoms with Crippen molar-refractivity contribution >= 4 is 21.6 Å². The topological polar surface area (TPSA) is 105 Å². The van der Waals surface area contributed by atoms with Gasteiger partial charge in [-0.3, -0.25) is 0 Å². The Bertz CT molecular complexity index is 1310. The molecule has 2 N–H and O–H groups in total. The van der Waals surface area contributed by atoms with Crippen LogP contribution in [0, 0.1) is 0 Å². The standard InChI is InChI=1S/C25H24N2O5S/c1-3-32-19-14-18(15-20(24(19)28)33(2,30)31)23-21(16-10-6-4-7-11-16)22(26-25(29)27-23)17-12-8-5-9-13-17/h4-15,21,23,28H,3H2,1-2H3,(H,27,29). The molecule has 1 aliphatic heterocycles. The summed E-state index contributed by atoms with van der Waals surface area (Å²) in [6, 6.07) is 20.8. The number of phenols is 1. The van der Waals surface area contributed by atoms with Crippen molar-refractivity contribution in [1.29, 1.82) is 0 Å². The van der Waals surface area contributed by atoms with Gasteiger partial charge >= 0.3 is 6.03 Å². The van der Waals surface area contributed by atoms with Gasteiger partial charge in [0.2, 0.25) is 0 Å². The molecule has 170 valence electrons. The molecular weight excluding hydrogens is 440 g/mol. The lowest BCUT2D eigenvalue weighted by Crippen LogP contribution is -2.40. The van der Waals surface area contributed by atoms with Crippen LogP contribution in [-0.4, -0.2) is 38.1 Å². The minimum atomic E-state index is -3.77. The van der Waals surface area contributed by atoms with E-state index in [1.165, 1.54) is 6.07 Å². The first-order valence-electron chi connectivity index (χ1n) is 10.5. The summed E-state index contributed by atoms with van der Waals surface area (Å²) in [4.78, 5) is 16.7. The number of phenolic OH excluding ortho intramolecular Hbond substituents is 1. The van der Waals surface area contributed by atoms with Crippen molar-refractivity contribution in [2.45, 2.75) is 23.8 Å². The van der Waals surface area contributed by atoms with Crippen LogP contribution in [0.2, 0.25) is 0 Å². The van der Waals surface area contributed by atoms with E-state index in [1.54, 1.807) is 13.0 Å². The van der Waals surface area contributed by atoms with Gasteiger partial charge < -0.3 is 15.2 Å². The van der Waals surface area contributed by atoms with E-state index in [9.17, 15) is 18.3 Å². The van der Waals surface area contributed by atoms with E-state index < -0.39 is 33.6 Å². The number of aromatic hydroxyl groups is 1. The number of rotatable bonds is 6. The lowest BCUT2D eigenvalue weighted by atomic mass is 9.80. The van der Waals surface area contributed by atoms with Crippen molar-refractivity contribution in [1.82, 2.24) is 5.32 Å². The van der Waals surface area contributed by atoms with Crippen LogP contribution in [0.1, 0.15) is 35.6 Å². The van der Waals surface area contributed by atoms with E-state index in [0.717, 1.165) is 17.4 Å². The molecule has 2 amide bonds. The molecule has 0 bridgehead atoms. The van der Waals surface area contributed by atoms with Crippen molar-refractivity contribution in [2.24, 2.45) is 4.99 Å². The van der Waals surface area contributed by atoms with Crippen LogP contribution >= 0.6 is 0 Å². The Labute approximate surface area is 192 Å². The highest BCUT2D eigenvalue weighted by Crippen LogP contribution is 2.42. The van der Waals surface area contributed by atoms with Gasteiger partial charge in [0.05, 0.1) is 24.3 Å². The maximum Gasteiger partial charge on any atom is 0.341 e. The zero-order valence-corrected chi connectivity index (χ0v) is 19.0. The van der Waals surface area contributed by atoms with E-state index >= 15 is 0 Å². The Hall–Kier alpha value is -3.65. The maximum absolute atomic E-state index is 12.7. The second-order valence-corrected chi connectivity index (χ2v) is 9.73. The Morgan fingerprint density at radius 3 is 2.24 bits per heavy atom. The molecule has 2 atom stereocenters. The summed E-state index contributed by atoms with van der Waals surface area (Å²) >= 11 is 0. The number of benzene rings is 3. The number of amides is 2. The fourth-order valence-corrected chi connectivity index (χ4v) is 4.86. The summed E-state index contributed by atoms with van der Waals surface area (Å²) in [6.07, 6.45) is 1.02. The number of carbonyl (C=O) groups is 1. The highest BCUT2D eigenvalue weighted by Gasteiger charge is 2.36. The second kappa shape index (κ2) is 9.07. The molecule has 2 unspecified atom stereocenters. The number of carbonyl (C=O) groups excluding carboxylic acids is 1. The normalized spacial score (nSPS) is 18.4. The molecule has 1 heterocycles. The number of nitrogens with zero attached hydrogens (tertiary/aromatic N) is 1. The van der Waals surface area contributed by atoms with Gasteiger partial charge in [-0.05, 0) is 35.7 Å². The van der Waals surface area contributed by atoms with Crippen LogP contribution in [0.25, 0.3) is 0 Å². The molecule has 3 aromatic carbocycles. The molecule has 0 aromatic heterocycles. The number of aliphatic imine (C=N–C) groups is 1. The van der Waals surface area contributed by atoms with Crippen molar-refractivity contribution in [3.8, 4) is 11.5 Å². The summed E-state index contributed by atoms with van der Waals surface area (Å²) in [5.74, 6) is -0.809. The first kappa shape index (κ1) is 22.5. The maximum atomic E-state index is 12.7. The molecule has 33 heavy (non-hydrogen) atoms. The number of hydrogen-bond donors (Lipinski definition) is 2. The number of hydrogen-bond acceptors (Lipinski definition) is 5. The van der Waals surface area contributed by atoms with Crippen molar-refractivity contribution in [3.05, 3.63) is 89.5 Å². The molecule has 0 radical (unpaired) electrons. The largest absolute Gasteiger partial charge is 0.503 e. The second-order valence-electron chi connectivity index (χ2n) is 7.75. The first-order valence-corrected chi connectivity index (χ1v) is 12.4. The molecular formula is C25H24N2O5S. The van der Waals surface area contributed by atoms with E-state index in [2.05, 4.69) is 10.3 Å². The average molecular weight is 465 g/mol. The van der Waals surface area contributed by atoms with E-state index in [-0.39, 0.29) is 17.3 Å². The SMILES string of the molecule is CCOc1cc(C2NC(=O)N=C(c3ccccc3)C2c2ccccc2)cc(S(C)(=O)=O)c1O. The van der Waals surface area contributed by atoms with Crippen molar-refractivity contribution in [2.75, 3.05) is 12.9 Å². The van der Waals surface area contributed by atoms with Gasteiger partial charge in [-0.2, -0.15) is 4.99 Å². The van der Waals surface area contributed by atoms with Crippen molar-refractivity contribution in [3.63, 3.8) is 0 Å². The van der Waals surface area contributed by atoms with Crippen LogP contribution in [0.15, 0.2) is 82.7 Å². The Balaban J connectivity index is 1.95. The smallest absolute Gasteiger partial charge is 0.341 e. The number of ether oxygens (including phenoxy) is 1. The van der Waals surface area contributed by atoms with E-state index in [4.69, 9.17) is 4.74 Å². The highest BCUT2D eigenvalue weighted by atomic mass is 32.2. The van der Waals surface area contributed by atoms with Gasteiger partial charge in [-0.1, -0.05) is 60.7 Å². The molecule has 8 heteroatoms. The molecule has 0 spiro atoms. The Kier molecular flexibility index (Phi) is 6.20. The Morgan fingerprint density at radius 2 is 1.64 bits per heavy atom. The fraction of sp³-hybridized carbons (Fsp3) is 0.200. The van der Waals surface area contributed by atoms with Gasteiger partial charge in [0, 0.05) is 6.26 Å². The summed E-state index contributed by atoms with van der Waals surface area (Å²) in [6.45, 7) is 1.97. The molecule has 7 nitrogen and oxygen atoms in total. The van der Waals surface area contributed by atoms with Gasteiger partial charge in [0.15, 0.2) is 21.3 Å². The van der Waals surface area contributed by atoms with E-state index in [1.807, 2.05) is 60.7 Å². The van der Waals surface area contributed by atoms with Gasteiger partial charge in [-0.15, -0.1) is 0 Å². The van der Waals surface area contributed by atoms with Crippen LogP contribution in [-0.2, 0) is 9.84 Å². The van der Waals surface area contributed by atoms with Gasteiger partial charge in [-0.25, -0.2) is 13.2 Å².